The lowest BCUT2D eigenvalue weighted by molar-refractivity contribution is 0.0948. The van der Waals surface area contributed by atoms with Gasteiger partial charge in [-0.25, -0.2) is 5.43 Å². The largest absolute Gasteiger partial charge is 0.506 e. The number of amides is 2. The van der Waals surface area contributed by atoms with Crippen LogP contribution in [0.4, 0.5) is 0 Å². The van der Waals surface area contributed by atoms with Crippen molar-refractivity contribution in [3.05, 3.63) is 64.7 Å². The van der Waals surface area contributed by atoms with Crippen molar-refractivity contribution < 1.29 is 14.7 Å². The van der Waals surface area contributed by atoms with Crippen LogP contribution in [0.1, 0.15) is 31.8 Å². The van der Waals surface area contributed by atoms with Gasteiger partial charge in [-0.3, -0.25) is 9.59 Å². The topological polar surface area (TPSA) is 90.8 Å². The minimum absolute atomic E-state index is 0.140. The molecule has 2 aromatic carbocycles. The Morgan fingerprint density at radius 3 is 2.43 bits per heavy atom. The summed E-state index contributed by atoms with van der Waals surface area (Å²) in [6, 6.07) is 11.8. The van der Waals surface area contributed by atoms with Crippen molar-refractivity contribution in [3.8, 4) is 5.75 Å². The van der Waals surface area contributed by atoms with Gasteiger partial charge in [-0.2, -0.15) is 5.10 Å². The molecule has 2 aromatic rings. The molecule has 6 nitrogen and oxygen atoms in total. The number of carbonyl (C=O) groups is 2. The van der Waals surface area contributed by atoms with Gasteiger partial charge in [0.2, 0.25) is 0 Å². The van der Waals surface area contributed by atoms with Gasteiger partial charge in [-0.05, 0) is 31.2 Å². The Hall–Kier alpha value is -3.15. The quantitative estimate of drug-likeness (QED) is 0.594. The van der Waals surface area contributed by atoms with Crippen LogP contribution in [-0.4, -0.2) is 30.2 Å². The first-order valence-electron chi connectivity index (χ1n) is 6.97. The predicted molar refractivity (Wildman–Crippen MR) is 87.7 cm³/mol. The average Bonchev–Trinajstić information content (AvgIpc) is 2.56. The summed E-state index contributed by atoms with van der Waals surface area (Å²) in [5.41, 5.74) is 4.38. The summed E-state index contributed by atoms with van der Waals surface area (Å²) in [5.74, 6) is -0.954. The SMILES string of the molecule is CNC(=O)c1cccc(/C=N/NC(=O)c2ccc(C)cc2)c1O. The molecule has 0 fully saturated rings. The highest BCUT2D eigenvalue weighted by atomic mass is 16.3. The highest BCUT2D eigenvalue weighted by Crippen LogP contribution is 2.20. The molecule has 0 aliphatic heterocycles. The van der Waals surface area contributed by atoms with Crippen molar-refractivity contribution in [3.63, 3.8) is 0 Å². The number of hydrogen-bond donors (Lipinski definition) is 3. The van der Waals surface area contributed by atoms with Crippen LogP contribution in [0.25, 0.3) is 0 Å². The number of phenolic OH excluding ortho intramolecular Hbond substituents is 1. The highest BCUT2D eigenvalue weighted by molar-refractivity contribution is 6.00. The molecule has 0 aliphatic carbocycles. The number of rotatable bonds is 4. The Balaban J connectivity index is 2.10. The molecule has 3 N–H and O–H groups in total. The molecule has 0 aromatic heterocycles. The summed E-state index contributed by atoms with van der Waals surface area (Å²) < 4.78 is 0. The van der Waals surface area contributed by atoms with E-state index in [4.69, 9.17) is 0 Å². The van der Waals surface area contributed by atoms with Crippen LogP contribution < -0.4 is 10.7 Å². The number of para-hydroxylation sites is 1. The van der Waals surface area contributed by atoms with Crippen LogP contribution in [0.3, 0.4) is 0 Å². The zero-order valence-electron chi connectivity index (χ0n) is 12.8. The van der Waals surface area contributed by atoms with Gasteiger partial charge in [0.05, 0.1) is 11.8 Å². The van der Waals surface area contributed by atoms with Gasteiger partial charge >= 0.3 is 0 Å². The first-order valence-corrected chi connectivity index (χ1v) is 6.97. The summed E-state index contributed by atoms with van der Waals surface area (Å²) in [6.45, 7) is 1.93. The molecule has 0 spiro atoms. The molecule has 0 unspecified atom stereocenters. The minimum atomic E-state index is -0.401. The predicted octanol–water partition coefficient (Wildman–Crippen LogP) is 1.82. The van der Waals surface area contributed by atoms with Crippen LogP contribution in [0.5, 0.6) is 5.75 Å². The smallest absolute Gasteiger partial charge is 0.271 e. The monoisotopic (exact) mass is 311 g/mol. The molecule has 0 radical (unpaired) electrons. The molecule has 0 aliphatic rings. The maximum absolute atomic E-state index is 11.9. The maximum atomic E-state index is 11.9. The zero-order valence-corrected chi connectivity index (χ0v) is 12.8. The van der Waals surface area contributed by atoms with Crippen molar-refractivity contribution >= 4 is 18.0 Å². The first kappa shape index (κ1) is 16.2. The van der Waals surface area contributed by atoms with Gasteiger partial charge in [-0.15, -0.1) is 0 Å². The Morgan fingerprint density at radius 2 is 1.78 bits per heavy atom. The van der Waals surface area contributed by atoms with Crippen molar-refractivity contribution in [1.82, 2.24) is 10.7 Å². The van der Waals surface area contributed by atoms with Gasteiger partial charge in [0.15, 0.2) is 0 Å². The fourth-order valence-electron chi connectivity index (χ4n) is 1.91. The molecule has 6 heteroatoms. The third-order valence-electron chi connectivity index (χ3n) is 3.22. The van der Waals surface area contributed by atoms with Crippen LogP contribution in [0, 0.1) is 6.92 Å². The molecule has 118 valence electrons. The lowest BCUT2D eigenvalue weighted by atomic mass is 10.1. The lowest BCUT2D eigenvalue weighted by Gasteiger charge is -2.05. The van der Waals surface area contributed by atoms with Gasteiger partial charge in [0.25, 0.3) is 11.8 Å². The third kappa shape index (κ3) is 3.94. The Bertz CT molecular complexity index is 752. The first-order chi connectivity index (χ1) is 11.0. The highest BCUT2D eigenvalue weighted by Gasteiger charge is 2.11. The van der Waals surface area contributed by atoms with E-state index in [-0.39, 0.29) is 17.2 Å². The number of hydrazone groups is 1. The number of carbonyl (C=O) groups excluding carboxylic acids is 2. The molecule has 23 heavy (non-hydrogen) atoms. The number of benzene rings is 2. The second kappa shape index (κ2) is 7.22. The zero-order chi connectivity index (χ0) is 16.8. The Labute approximate surface area is 133 Å². The minimum Gasteiger partial charge on any atom is -0.506 e. The fraction of sp³-hybridized carbons (Fsp3) is 0.118. The number of nitrogens with zero attached hydrogens (tertiary/aromatic N) is 1. The standard InChI is InChI=1S/C17H17N3O3/c1-11-6-8-12(9-7-11)16(22)20-19-10-13-4-3-5-14(15(13)21)17(23)18-2/h3-10,21H,1-2H3,(H,18,23)(H,20,22)/b19-10+. The van der Waals surface area contributed by atoms with Gasteiger partial charge in [-0.1, -0.05) is 23.8 Å². The number of nitrogens with one attached hydrogen (secondary N) is 2. The molecule has 0 saturated carbocycles. The molecule has 2 amide bonds. The number of aromatic hydroxyl groups is 1. The van der Waals surface area contributed by atoms with E-state index in [9.17, 15) is 14.7 Å². The summed E-state index contributed by atoms with van der Waals surface area (Å²) in [7, 11) is 1.48. The second-order valence-corrected chi connectivity index (χ2v) is 4.89. The number of phenols is 1. The van der Waals surface area contributed by atoms with Crippen LogP contribution in [0.15, 0.2) is 47.6 Å². The van der Waals surface area contributed by atoms with E-state index in [2.05, 4.69) is 15.8 Å². The number of hydrogen-bond acceptors (Lipinski definition) is 4. The van der Waals surface area contributed by atoms with Crippen molar-refractivity contribution in [2.45, 2.75) is 6.92 Å². The molecule has 0 heterocycles. The van der Waals surface area contributed by atoms with Crippen molar-refractivity contribution in [2.75, 3.05) is 7.05 Å². The fourth-order valence-corrected chi connectivity index (χ4v) is 1.91. The summed E-state index contributed by atoms with van der Waals surface area (Å²) >= 11 is 0. The summed E-state index contributed by atoms with van der Waals surface area (Å²) in [5, 5.41) is 16.3. The van der Waals surface area contributed by atoms with E-state index in [0.29, 0.717) is 11.1 Å². The third-order valence-corrected chi connectivity index (χ3v) is 3.22. The van der Waals surface area contributed by atoms with Gasteiger partial charge < -0.3 is 10.4 Å². The molecule has 0 saturated heterocycles. The van der Waals surface area contributed by atoms with E-state index in [0.717, 1.165) is 5.56 Å². The van der Waals surface area contributed by atoms with Gasteiger partial charge in [0.1, 0.15) is 5.75 Å². The number of aryl methyl sites for hydroxylation is 1. The van der Waals surface area contributed by atoms with E-state index in [1.54, 1.807) is 24.3 Å². The lowest BCUT2D eigenvalue weighted by Crippen LogP contribution is -2.18. The Morgan fingerprint density at radius 1 is 1.09 bits per heavy atom. The van der Waals surface area contributed by atoms with Crippen molar-refractivity contribution in [1.29, 1.82) is 0 Å². The summed E-state index contributed by atoms with van der Waals surface area (Å²) in [6.07, 6.45) is 1.29. The van der Waals surface area contributed by atoms with Crippen molar-refractivity contribution in [2.24, 2.45) is 5.10 Å². The molecular formula is C17H17N3O3. The van der Waals surface area contributed by atoms with E-state index >= 15 is 0 Å². The van der Waals surface area contributed by atoms with E-state index in [1.165, 1.54) is 19.3 Å². The molecular weight excluding hydrogens is 294 g/mol. The summed E-state index contributed by atoms with van der Waals surface area (Å²) in [4.78, 5) is 23.5. The van der Waals surface area contributed by atoms with Crippen LogP contribution >= 0.6 is 0 Å². The second-order valence-electron chi connectivity index (χ2n) is 4.89. The molecule has 0 atom stereocenters. The van der Waals surface area contributed by atoms with Crippen LogP contribution in [0.2, 0.25) is 0 Å². The normalized spacial score (nSPS) is 10.5. The van der Waals surface area contributed by atoms with E-state index < -0.39 is 5.91 Å². The molecule has 0 bridgehead atoms. The van der Waals surface area contributed by atoms with Gasteiger partial charge in [0, 0.05) is 18.2 Å². The maximum Gasteiger partial charge on any atom is 0.271 e. The van der Waals surface area contributed by atoms with Crippen LogP contribution in [-0.2, 0) is 0 Å². The Kier molecular flexibility index (Phi) is 5.09. The molecule has 2 rings (SSSR count). The average molecular weight is 311 g/mol. The van der Waals surface area contributed by atoms with E-state index in [1.807, 2.05) is 19.1 Å².